The number of hydrogen-bond acceptors (Lipinski definition) is 4. The van der Waals surface area contributed by atoms with E-state index >= 15 is 0 Å². The third-order valence-corrected chi connectivity index (χ3v) is 2.61. The summed E-state index contributed by atoms with van der Waals surface area (Å²) in [5, 5.41) is 8.02. The molecule has 5 nitrogen and oxygen atoms in total. The van der Waals surface area contributed by atoms with Gasteiger partial charge in [0, 0.05) is 5.75 Å². The van der Waals surface area contributed by atoms with E-state index in [1.54, 1.807) is 0 Å². The number of aliphatic carboxylic acids is 1. The standard InChI is InChI=1S/C3H6O5S2/c4-3(5)1-2-9-10(6,7)8/h1-2H2,(H,4,5)(H,6,7,8). The Morgan fingerprint density at radius 3 is 2.30 bits per heavy atom. The van der Waals surface area contributed by atoms with Crippen LogP contribution in [-0.4, -0.2) is 29.8 Å². The molecule has 0 spiro atoms. The van der Waals surface area contributed by atoms with Crippen LogP contribution >= 0.6 is 10.8 Å². The van der Waals surface area contributed by atoms with Crippen molar-refractivity contribution >= 4 is 25.9 Å². The highest BCUT2D eigenvalue weighted by Gasteiger charge is 2.06. The third kappa shape index (κ3) is 7.73. The first kappa shape index (κ1) is 9.73. The Hall–Kier alpha value is -0.270. The molecule has 0 amide bonds. The van der Waals surface area contributed by atoms with Gasteiger partial charge in [0.2, 0.25) is 0 Å². The summed E-state index contributed by atoms with van der Waals surface area (Å²) in [5.74, 6) is -1.22. The lowest BCUT2D eigenvalue weighted by molar-refractivity contribution is -0.136. The molecule has 0 unspecified atom stereocenters. The molecule has 0 aliphatic heterocycles. The van der Waals surface area contributed by atoms with E-state index in [9.17, 15) is 13.2 Å². The van der Waals surface area contributed by atoms with Crippen molar-refractivity contribution in [1.29, 1.82) is 0 Å². The molecule has 0 aliphatic rings. The zero-order valence-electron chi connectivity index (χ0n) is 4.85. The molecule has 7 heteroatoms. The number of carbonyl (C=O) groups is 1. The van der Waals surface area contributed by atoms with Crippen LogP contribution in [0.25, 0.3) is 0 Å². The van der Waals surface area contributed by atoms with Crippen LogP contribution in [0.3, 0.4) is 0 Å². The van der Waals surface area contributed by atoms with E-state index in [2.05, 4.69) is 0 Å². The van der Waals surface area contributed by atoms with E-state index in [-0.39, 0.29) is 23.0 Å². The molecule has 0 aromatic heterocycles. The lowest BCUT2D eigenvalue weighted by Gasteiger charge is -1.91. The fraction of sp³-hybridized carbons (Fsp3) is 0.667. The van der Waals surface area contributed by atoms with Crippen molar-refractivity contribution in [1.82, 2.24) is 0 Å². The van der Waals surface area contributed by atoms with Crippen LogP contribution in [0.2, 0.25) is 0 Å². The number of carboxylic acids is 1. The van der Waals surface area contributed by atoms with Gasteiger partial charge in [-0.3, -0.25) is 9.35 Å². The monoisotopic (exact) mass is 186 g/mol. The molecule has 0 rings (SSSR count). The molecule has 2 N–H and O–H groups in total. The van der Waals surface area contributed by atoms with Gasteiger partial charge in [0.15, 0.2) is 0 Å². The molecular formula is C3H6O5S2. The molecule has 0 saturated heterocycles. The second-order valence-corrected chi connectivity index (χ2v) is 4.86. The first-order chi connectivity index (χ1) is 4.42. The molecule has 0 aromatic carbocycles. The van der Waals surface area contributed by atoms with Crippen molar-refractivity contribution < 1.29 is 22.9 Å². The summed E-state index contributed by atoms with van der Waals surface area (Å²) < 4.78 is 27.9. The van der Waals surface area contributed by atoms with Crippen molar-refractivity contribution in [2.45, 2.75) is 6.42 Å². The van der Waals surface area contributed by atoms with Crippen LogP contribution in [0.1, 0.15) is 6.42 Å². The van der Waals surface area contributed by atoms with Crippen LogP contribution in [0, 0.1) is 0 Å². The number of rotatable bonds is 4. The Bertz CT molecular complexity index is 205. The smallest absolute Gasteiger partial charge is 0.319 e. The van der Waals surface area contributed by atoms with Crippen molar-refractivity contribution in [3.63, 3.8) is 0 Å². The van der Waals surface area contributed by atoms with Gasteiger partial charge in [-0.1, -0.05) is 0 Å². The highest BCUT2D eigenvalue weighted by molar-refractivity contribution is 8.69. The Morgan fingerprint density at radius 2 is 2.00 bits per heavy atom. The van der Waals surface area contributed by atoms with Gasteiger partial charge in [-0.25, -0.2) is 0 Å². The highest BCUT2D eigenvalue weighted by Crippen LogP contribution is 2.09. The summed E-state index contributed by atoms with van der Waals surface area (Å²) in [6.07, 6.45) is -0.273. The summed E-state index contributed by atoms with van der Waals surface area (Å²) >= 11 is 0. The van der Waals surface area contributed by atoms with E-state index in [0.29, 0.717) is 0 Å². The minimum atomic E-state index is -4.07. The van der Waals surface area contributed by atoms with Gasteiger partial charge < -0.3 is 5.11 Å². The van der Waals surface area contributed by atoms with Crippen LogP contribution in [0.4, 0.5) is 0 Å². The van der Waals surface area contributed by atoms with E-state index in [0.717, 1.165) is 0 Å². The van der Waals surface area contributed by atoms with Crippen LogP contribution in [0.15, 0.2) is 0 Å². The van der Waals surface area contributed by atoms with Crippen LogP contribution in [0.5, 0.6) is 0 Å². The predicted octanol–water partition coefficient (Wildman–Crippen LogP) is -0.00290. The largest absolute Gasteiger partial charge is 0.481 e. The zero-order chi connectivity index (χ0) is 8.20. The molecule has 0 heterocycles. The summed E-state index contributed by atoms with van der Waals surface area (Å²) in [4.78, 5) is 9.80. The predicted molar refractivity (Wildman–Crippen MR) is 36.3 cm³/mol. The lowest BCUT2D eigenvalue weighted by Crippen LogP contribution is -1.99. The number of hydrogen-bond donors (Lipinski definition) is 2. The molecule has 0 radical (unpaired) electrons. The molecule has 10 heavy (non-hydrogen) atoms. The summed E-state index contributed by atoms with van der Waals surface area (Å²) in [5.41, 5.74) is 0. The molecule has 0 bridgehead atoms. The van der Waals surface area contributed by atoms with Gasteiger partial charge in [-0.15, -0.1) is 0 Å². The SMILES string of the molecule is O=C(O)CCSS(=O)(=O)O. The lowest BCUT2D eigenvalue weighted by atomic mass is 10.5. The summed E-state index contributed by atoms with van der Waals surface area (Å²) in [6, 6.07) is 0. The molecule has 0 saturated carbocycles. The second kappa shape index (κ2) is 3.79. The average Bonchev–Trinajstić information content (AvgIpc) is 1.59. The van der Waals surface area contributed by atoms with Crippen molar-refractivity contribution in [3.05, 3.63) is 0 Å². The van der Waals surface area contributed by atoms with Crippen molar-refractivity contribution in [2.75, 3.05) is 5.75 Å². The van der Waals surface area contributed by atoms with Crippen molar-refractivity contribution in [3.8, 4) is 0 Å². The average molecular weight is 186 g/mol. The van der Waals surface area contributed by atoms with E-state index < -0.39 is 15.1 Å². The maximum absolute atomic E-state index is 9.94. The molecule has 0 aromatic rings. The van der Waals surface area contributed by atoms with Gasteiger partial charge in [-0.2, -0.15) is 8.42 Å². The minimum Gasteiger partial charge on any atom is -0.481 e. The van der Waals surface area contributed by atoms with Crippen LogP contribution < -0.4 is 0 Å². The Morgan fingerprint density at radius 1 is 1.50 bits per heavy atom. The summed E-state index contributed by atoms with van der Waals surface area (Å²) in [6.45, 7) is 0. The quantitative estimate of drug-likeness (QED) is 0.474. The van der Waals surface area contributed by atoms with Gasteiger partial charge >= 0.3 is 15.1 Å². The third-order valence-electron chi connectivity index (χ3n) is 0.548. The Balaban J connectivity index is 3.49. The minimum absolute atomic E-state index is 0.131. The second-order valence-electron chi connectivity index (χ2n) is 1.39. The molecular weight excluding hydrogens is 180 g/mol. The van der Waals surface area contributed by atoms with Gasteiger partial charge in [0.1, 0.15) is 0 Å². The highest BCUT2D eigenvalue weighted by atomic mass is 33.1. The Kier molecular flexibility index (Phi) is 3.69. The molecule has 60 valence electrons. The zero-order valence-corrected chi connectivity index (χ0v) is 6.48. The van der Waals surface area contributed by atoms with Crippen LogP contribution in [-0.2, 0) is 13.9 Å². The van der Waals surface area contributed by atoms with E-state index in [1.165, 1.54) is 0 Å². The molecule has 0 aliphatic carbocycles. The van der Waals surface area contributed by atoms with Gasteiger partial charge in [-0.05, 0) is 10.8 Å². The molecule has 0 fully saturated rings. The maximum Gasteiger partial charge on any atom is 0.319 e. The van der Waals surface area contributed by atoms with Crippen molar-refractivity contribution in [2.24, 2.45) is 0 Å². The van der Waals surface area contributed by atoms with Gasteiger partial charge in [0.25, 0.3) is 0 Å². The number of carboxylic acid groups (broad SMARTS) is 1. The van der Waals surface area contributed by atoms with Gasteiger partial charge in [0.05, 0.1) is 6.42 Å². The van der Waals surface area contributed by atoms with E-state index in [4.69, 9.17) is 9.66 Å². The summed E-state index contributed by atoms with van der Waals surface area (Å²) in [7, 11) is -3.86. The fourth-order valence-corrected chi connectivity index (χ4v) is 1.58. The molecule has 0 atom stereocenters. The Labute approximate surface area is 61.6 Å². The maximum atomic E-state index is 9.94. The normalized spacial score (nSPS) is 11.3. The first-order valence-electron chi connectivity index (χ1n) is 2.25. The topological polar surface area (TPSA) is 91.7 Å². The first-order valence-corrected chi connectivity index (χ1v) is 5.20. The van der Waals surface area contributed by atoms with E-state index in [1.807, 2.05) is 0 Å². The fourth-order valence-electron chi connectivity index (χ4n) is 0.234.